The lowest BCUT2D eigenvalue weighted by Gasteiger charge is -2.14. The van der Waals surface area contributed by atoms with E-state index in [4.69, 9.17) is 16.3 Å². The largest absolute Gasteiger partial charge is 0.492 e. The molecule has 0 atom stereocenters. The molecular formula is C21H25ClN4O. The van der Waals surface area contributed by atoms with Crippen molar-refractivity contribution >= 4 is 11.6 Å². The molecule has 0 aliphatic rings. The summed E-state index contributed by atoms with van der Waals surface area (Å²) in [5.41, 5.74) is 4.77. The molecule has 3 aromatic rings. The second kappa shape index (κ2) is 8.55. The van der Waals surface area contributed by atoms with Crippen molar-refractivity contribution in [1.82, 2.24) is 19.7 Å². The third kappa shape index (κ3) is 4.67. The Labute approximate surface area is 165 Å². The SMILES string of the molecule is Cc1cc(C)n(-c2cccnc2-c2ccc(Cl)c(OCCCN(C)C)c2)n1. The van der Waals surface area contributed by atoms with Crippen molar-refractivity contribution in [2.75, 3.05) is 27.2 Å². The summed E-state index contributed by atoms with van der Waals surface area (Å²) < 4.78 is 7.83. The number of aromatic nitrogens is 3. The fourth-order valence-electron chi connectivity index (χ4n) is 2.99. The number of aryl methyl sites for hydroxylation is 2. The van der Waals surface area contributed by atoms with Crippen molar-refractivity contribution in [2.45, 2.75) is 20.3 Å². The molecular weight excluding hydrogens is 360 g/mol. The quantitative estimate of drug-likeness (QED) is 0.561. The maximum absolute atomic E-state index is 6.34. The molecule has 0 aliphatic carbocycles. The van der Waals surface area contributed by atoms with Crippen molar-refractivity contribution in [3.05, 3.63) is 59.0 Å². The third-order valence-corrected chi connectivity index (χ3v) is 4.55. The molecule has 0 unspecified atom stereocenters. The van der Waals surface area contributed by atoms with Gasteiger partial charge >= 0.3 is 0 Å². The highest BCUT2D eigenvalue weighted by atomic mass is 35.5. The van der Waals surface area contributed by atoms with Crippen LogP contribution in [0.5, 0.6) is 5.75 Å². The zero-order chi connectivity index (χ0) is 19.4. The van der Waals surface area contributed by atoms with Gasteiger partial charge in [0, 0.05) is 24.0 Å². The number of nitrogens with zero attached hydrogens (tertiary/aromatic N) is 4. The van der Waals surface area contributed by atoms with Crippen LogP contribution >= 0.6 is 11.6 Å². The number of rotatable bonds is 7. The summed E-state index contributed by atoms with van der Waals surface area (Å²) in [7, 11) is 4.10. The Balaban J connectivity index is 1.91. The van der Waals surface area contributed by atoms with Crippen molar-refractivity contribution < 1.29 is 4.74 Å². The van der Waals surface area contributed by atoms with E-state index in [0.29, 0.717) is 17.4 Å². The standard InChI is InChI=1S/C21H25ClN4O/c1-15-13-16(2)26(24-15)19-7-5-10-23-21(19)17-8-9-18(22)20(14-17)27-12-6-11-25(3)4/h5,7-10,13-14H,6,11-12H2,1-4H3. The van der Waals surface area contributed by atoms with Gasteiger partial charge in [0.2, 0.25) is 0 Å². The van der Waals surface area contributed by atoms with Crippen LogP contribution in [0.25, 0.3) is 16.9 Å². The lowest BCUT2D eigenvalue weighted by molar-refractivity contribution is 0.282. The molecule has 6 heteroatoms. The molecule has 5 nitrogen and oxygen atoms in total. The van der Waals surface area contributed by atoms with Gasteiger partial charge in [-0.1, -0.05) is 17.7 Å². The average Bonchev–Trinajstić information content (AvgIpc) is 2.98. The Morgan fingerprint density at radius 1 is 1.15 bits per heavy atom. The first-order valence-corrected chi connectivity index (χ1v) is 9.39. The molecule has 142 valence electrons. The minimum absolute atomic E-state index is 0.604. The molecule has 2 aromatic heterocycles. The monoisotopic (exact) mass is 384 g/mol. The number of benzene rings is 1. The van der Waals surface area contributed by atoms with Gasteiger partial charge in [0.25, 0.3) is 0 Å². The molecule has 0 amide bonds. The van der Waals surface area contributed by atoms with Gasteiger partial charge in [-0.05, 0) is 64.7 Å². The Morgan fingerprint density at radius 3 is 2.67 bits per heavy atom. The molecule has 1 aromatic carbocycles. The van der Waals surface area contributed by atoms with Crippen LogP contribution < -0.4 is 4.74 Å². The summed E-state index contributed by atoms with van der Waals surface area (Å²) >= 11 is 6.34. The summed E-state index contributed by atoms with van der Waals surface area (Å²) in [6, 6.07) is 11.8. The summed E-state index contributed by atoms with van der Waals surface area (Å²) in [6.45, 7) is 5.62. The lowest BCUT2D eigenvalue weighted by atomic mass is 10.1. The van der Waals surface area contributed by atoms with E-state index in [9.17, 15) is 0 Å². The van der Waals surface area contributed by atoms with Crippen molar-refractivity contribution in [1.29, 1.82) is 0 Å². The first-order valence-electron chi connectivity index (χ1n) is 9.02. The third-order valence-electron chi connectivity index (χ3n) is 4.24. The van der Waals surface area contributed by atoms with Crippen LogP contribution in [0.1, 0.15) is 17.8 Å². The number of ether oxygens (including phenoxy) is 1. The van der Waals surface area contributed by atoms with Gasteiger partial charge in [0.1, 0.15) is 5.75 Å². The smallest absolute Gasteiger partial charge is 0.138 e. The van der Waals surface area contributed by atoms with Gasteiger partial charge in [-0.25, -0.2) is 4.68 Å². The van der Waals surface area contributed by atoms with Crippen molar-refractivity contribution in [3.8, 4) is 22.7 Å². The van der Waals surface area contributed by atoms with E-state index in [2.05, 4.69) is 35.1 Å². The first kappa shape index (κ1) is 19.4. The maximum atomic E-state index is 6.34. The number of pyridine rings is 1. The predicted molar refractivity (Wildman–Crippen MR) is 110 cm³/mol. The average molecular weight is 385 g/mol. The summed E-state index contributed by atoms with van der Waals surface area (Å²) in [5, 5.41) is 5.20. The van der Waals surface area contributed by atoms with Crippen molar-refractivity contribution in [3.63, 3.8) is 0 Å². The summed E-state index contributed by atoms with van der Waals surface area (Å²) in [4.78, 5) is 6.73. The first-order chi connectivity index (χ1) is 13.0. The van der Waals surface area contributed by atoms with Crippen molar-refractivity contribution in [2.24, 2.45) is 0 Å². The minimum Gasteiger partial charge on any atom is -0.492 e. The second-order valence-corrected chi connectivity index (χ2v) is 7.27. The molecule has 2 heterocycles. The van der Waals surface area contributed by atoms with Gasteiger partial charge in [0.05, 0.1) is 28.7 Å². The van der Waals surface area contributed by atoms with E-state index < -0.39 is 0 Å². The van der Waals surface area contributed by atoms with E-state index in [1.54, 1.807) is 6.20 Å². The van der Waals surface area contributed by atoms with E-state index in [1.807, 2.05) is 48.9 Å². The number of halogens is 1. The highest BCUT2D eigenvalue weighted by molar-refractivity contribution is 6.32. The van der Waals surface area contributed by atoms with Crippen LogP contribution in [-0.2, 0) is 0 Å². The highest BCUT2D eigenvalue weighted by Gasteiger charge is 2.13. The second-order valence-electron chi connectivity index (χ2n) is 6.86. The molecule has 0 fully saturated rings. The fourth-order valence-corrected chi connectivity index (χ4v) is 3.16. The van der Waals surface area contributed by atoms with E-state index in [-0.39, 0.29) is 0 Å². The van der Waals surface area contributed by atoms with E-state index >= 15 is 0 Å². The molecule has 0 saturated carbocycles. The Hall–Kier alpha value is -2.37. The fraction of sp³-hybridized carbons (Fsp3) is 0.333. The molecule has 0 saturated heterocycles. The zero-order valence-corrected chi connectivity index (χ0v) is 17.0. The Kier molecular flexibility index (Phi) is 6.14. The van der Waals surface area contributed by atoms with E-state index in [1.165, 1.54) is 0 Å². The highest BCUT2D eigenvalue weighted by Crippen LogP contribution is 2.32. The van der Waals surface area contributed by atoms with Crippen LogP contribution in [0, 0.1) is 13.8 Å². The number of hydrogen-bond donors (Lipinski definition) is 0. The Bertz CT molecular complexity index is 920. The topological polar surface area (TPSA) is 43.2 Å². The van der Waals surface area contributed by atoms with Crippen LogP contribution in [0.15, 0.2) is 42.6 Å². The minimum atomic E-state index is 0.604. The molecule has 27 heavy (non-hydrogen) atoms. The van der Waals surface area contributed by atoms with E-state index in [0.717, 1.165) is 41.3 Å². The molecule has 0 bridgehead atoms. The van der Waals surface area contributed by atoms with Gasteiger partial charge in [-0.15, -0.1) is 0 Å². The number of hydrogen-bond acceptors (Lipinski definition) is 4. The summed E-state index contributed by atoms with van der Waals surface area (Å²) in [6.07, 6.45) is 2.73. The Morgan fingerprint density at radius 2 is 1.96 bits per heavy atom. The molecule has 0 N–H and O–H groups in total. The zero-order valence-electron chi connectivity index (χ0n) is 16.2. The molecule has 3 rings (SSSR count). The van der Waals surface area contributed by atoms with Crippen LogP contribution in [0.3, 0.4) is 0 Å². The van der Waals surface area contributed by atoms with Crippen LogP contribution in [0.2, 0.25) is 5.02 Å². The predicted octanol–water partition coefficient (Wildman–Crippen LogP) is 4.54. The van der Waals surface area contributed by atoms with Gasteiger partial charge in [0.15, 0.2) is 0 Å². The van der Waals surface area contributed by atoms with Gasteiger partial charge in [-0.2, -0.15) is 5.10 Å². The maximum Gasteiger partial charge on any atom is 0.138 e. The normalized spacial score (nSPS) is 11.2. The molecule has 0 aliphatic heterocycles. The van der Waals surface area contributed by atoms with Gasteiger partial charge < -0.3 is 9.64 Å². The molecule has 0 radical (unpaired) electrons. The summed E-state index contributed by atoms with van der Waals surface area (Å²) in [5.74, 6) is 0.679. The van der Waals surface area contributed by atoms with Crippen LogP contribution in [0.4, 0.5) is 0 Å². The molecule has 0 spiro atoms. The van der Waals surface area contributed by atoms with Gasteiger partial charge in [-0.3, -0.25) is 4.98 Å². The van der Waals surface area contributed by atoms with Crippen LogP contribution in [-0.4, -0.2) is 46.9 Å². The lowest BCUT2D eigenvalue weighted by Crippen LogP contribution is -2.15.